The van der Waals surface area contributed by atoms with Crippen molar-refractivity contribution in [2.45, 2.75) is 33.1 Å². The van der Waals surface area contributed by atoms with Crippen molar-refractivity contribution in [2.24, 2.45) is 17.3 Å². The topological polar surface area (TPSA) is 69.6 Å². The molecule has 2 N–H and O–H groups in total. The molecule has 2 amide bonds. The van der Waals surface area contributed by atoms with Gasteiger partial charge < -0.3 is 15.3 Å². The van der Waals surface area contributed by atoms with E-state index in [1.54, 1.807) is 0 Å². The molecular formula is C14H24N2O3. The fourth-order valence-corrected chi connectivity index (χ4v) is 2.26. The number of nitrogens with one attached hydrogen (secondary N) is 1. The van der Waals surface area contributed by atoms with Gasteiger partial charge in [0, 0.05) is 38.1 Å². The van der Waals surface area contributed by atoms with E-state index >= 15 is 0 Å². The Morgan fingerprint density at radius 1 is 1.47 bits per heavy atom. The first-order valence-electron chi connectivity index (χ1n) is 7.07. The number of likely N-dealkylation sites (tertiary alicyclic amines) is 1. The second kappa shape index (κ2) is 5.49. The van der Waals surface area contributed by atoms with Crippen LogP contribution in [-0.4, -0.2) is 48.1 Å². The minimum atomic E-state index is -0.314. The molecule has 1 aliphatic heterocycles. The second-order valence-electron chi connectivity index (χ2n) is 6.68. The molecule has 0 aromatic carbocycles. The van der Waals surface area contributed by atoms with Crippen molar-refractivity contribution in [3.8, 4) is 0 Å². The number of aliphatic hydroxyl groups is 1. The quantitative estimate of drug-likeness (QED) is 0.731. The summed E-state index contributed by atoms with van der Waals surface area (Å²) in [6, 6.07) is 0. The van der Waals surface area contributed by atoms with Gasteiger partial charge in [-0.15, -0.1) is 0 Å². The second-order valence-corrected chi connectivity index (χ2v) is 6.68. The molecule has 2 rings (SSSR count). The lowest BCUT2D eigenvalue weighted by Crippen LogP contribution is -2.40. The van der Waals surface area contributed by atoms with Crippen LogP contribution in [0, 0.1) is 17.3 Å². The molecule has 1 saturated heterocycles. The summed E-state index contributed by atoms with van der Waals surface area (Å²) in [4.78, 5) is 25.7. The van der Waals surface area contributed by atoms with Gasteiger partial charge in [-0.25, -0.2) is 0 Å². The molecule has 19 heavy (non-hydrogen) atoms. The van der Waals surface area contributed by atoms with Crippen LogP contribution >= 0.6 is 0 Å². The zero-order valence-electron chi connectivity index (χ0n) is 11.8. The SMILES string of the molecule is CC(C)(CO)CNC(=O)C1CC(=O)N(CC2CC2)C1. The average molecular weight is 268 g/mol. The highest BCUT2D eigenvalue weighted by molar-refractivity contribution is 5.89. The summed E-state index contributed by atoms with van der Waals surface area (Å²) in [6.45, 7) is 5.64. The minimum Gasteiger partial charge on any atom is -0.396 e. The predicted octanol–water partition coefficient (Wildman–Crippen LogP) is 0.380. The first-order valence-corrected chi connectivity index (χ1v) is 7.07. The van der Waals surface area contributed by atoms with Crippen LogP contribution in [0.2, 0.25) is 0 Å². The summed E-state index contributed by atoms with van der Waals surface area (Å²) in [5.41, 5.74) is -0.314. The highest BCUT2D eigenvalue weighted by Crippen LogP contribution is 2.32. The summed E-state index contributed by atoms with van der Waals surface area (Å²) in [7, 11) is 0. The van der Waals surface area contributed by atoms with Crippen molar-refractivity contribution in [3.63, 3.8) is 0 Å². The third kappa shape index (κ3) is 3.93. The van der Waals surface area contributed by atoms with E-state index in [9.17, 15) is 9.59 Å². The molecule has 1 saturated carbocycles. The van der Waals surface area contributed by atoms with E-state index < -0.39 is 0 Å². The van der Waals surface area contributed by atoms with Gasteiger partial charge >= 0.3 is 0 Å². The Morgan fingerprint density at radius 3 is 2.74 bits per heavy atom. The Balaban J connectivity index is 1.78. The van der Waals surface area contributed by atoms with Gasteiger partial charge in [0.25, 0.3) is 0 Å². The van der Waals surface area contributed by atoms with Crippen molar-refractivity contribution in [3.05, 3.63) is 0 Å². The molecule has 2 fully saturated rings. The summed E-state index contributed by atoms with van der Waals surface area (Å²) in [6.07, 6.45) is 2.76. The first-order chi connectivity index (χ1) is 8.91. The predicted molar refractivity (Wildman–Crippen MR) is 71.3 cm³/mol. The summed E-state index contributed by atoms with van der Waals surface area (Å²) < 4.78 is 0. The van der Waals surface area contributed by atoms with Crippen LogP contribution in [0.5, 0.6) is 0 Å². The molecule has 0 aromatic rings. The molecular weight excluding hydrogens is 244 g/mol. The van der Waals surface area contributed by atoms with Gasteiger partial charge in [0.15, 0.2) is 0 Å². The summed E-state index contributed by atoms with van der Waals surface area (Å²) >= 11 is 0. The van der Waals surface area contributed by atoms with Gasteiger partial charge in [-0.05, 0) is 18.8 Å². The third-order valence-corrected chi connectivity index (χ3v) is 3.93. The molecule has 0 spiro atoms. The maximum atomic E-state index is 12.0. The number of nitrogens with zero attached hydrogens (tertiary/aromatic N) is 1. The van der Waals surface area contributed by atoms with Crippen LogP contribution in [0.15, 0.2) is 0 Å². The smallest absolute Gasteiger partial charge is 0.225 e. The zero-order chi connectivity index (χ0) is 14.0. The van der Waals surface area contributed by atoms with E-state index in [0.717, 1.165) is 6.54 Å². The number of carbonyl (C=O) groups excluding carboxylic acids is 2. The van der Waals surface area contributed by atoms with Crippen LogP contribution in [0.25, 0.3) is 0 Å². The van der Waals surface area contributed by atoms with Gasteiger partial charge in [0.1, 0.15) is 0 Å². The summed E-state index contributed by atoms with van der Waals surface area (Å²) in [5, 5.41) is 12.0. The lowest BCUT2D eigenvalue weighted by Gasteiger charge is -2.23. The number of hydrogen-bond acceptors (Lipinski definition) is 3. The Kier molecular flexibility index (Phi) is 4.13. The number of amides is 2. The minimum absolute atomic E-state index is 0.0324. The molecule has 5 nitrogen and oxygen atoms in total. The molecule has 1 heterocycles. The van der Waals surface area contributed by atoms with E-state index in [1.165, 1.54) is 12.8 Å². The lowest BCUT2D eigenvalue weighted by molar-refractivity contribution is -0.129. The van der Waals surface area contributed by atoms with Gasteiger partial charge in [0.2, 0.25) is 11.8 Å². The molecule has 2 aliphatic rings. The molecule has 0 radical (unpaired) electrons. The van der Waals surface area contributed by atoms with Gasteiger partial charge in [-0.1, -0.05) is 13.8 Å². The normalized spacial score (nSPS) is 23.8. The number of hydrogen-bond donors (Lipinski definition) is 2. The maximum Gasteiger partial charge on any atom is 0.225 e. The fraction of sp³-hybridized carbons (Fsp3) is 0.857. The standard InChI is InChI=1S/C14H24N2O3/c1-14(2,9-17)8-15-13(19)11-5-12(18)16(7-11)6-10-3-4-10/h10-11,17H,3-9H2,1-2H3,(H,15,19). The number of aliphatic hydroxyl groups excluding tert-OH is 1. The fourth-order valence-electron chi connectivity index (χ4n) is 2.26. The zero-order valence-corrected chi connectivity index (χ0v) is 11.8. The van der Waals surface area contributed by atoms with Gasteiger partial charge in [0.05, 0.1) is 5.92 Å². The third-order valence-electron chi connectivity index (χ3n) is 3.93. The molecule has 108 valence electrons. The van der Waals surface area contributed by atoms with Crippen LogP contribution in [-0.2, 0) is 9.59 Å². The van der Waals surface area contributed by atoms with Crippen LogP contribution in [0.4, 0.5) is 0 Å². The monoisotopic (exact) mass is 268 g/mol. The molecule has 1 atom stereocenters. The largest absolute Gasteiger partial charge is 0.396 e. The van der Waals surface area contributed by atoms with Crippen molar-refractivity contribution in [1.29, 1.82) is 0 Å². The van der Waals surface area contributed by atoms with Crippen LogP contribution in [0.3, 0.4) is 0 Å². The highest BCUT2D eigenvalue weighted by atomic mass is 16.3. The van der Waals surface area contributed by atoms with Gasteiger partial charge in [-0.3, -0.25) is 9.59 Å². The van der Waals surface area contributed by atoms with E-state index in [1.807, 2.05) is 18.7 Å². The van der Waals surface area contributed by atoms with E-state index in [2.05, 4.69) is 5.32 Å². The molecule has 0 bridgehead atoms. The van der Waals surface area contributed by atoms with E-state index in [0.29, 0.717) is 25.4 Å². The first kappa shape index (κ1) is 14.3. The highest BCUT2D eigenvalue weighted by Gasteiger charge is 2.37. The average Bonchev–Trinajstić information content (AvgIpc) is 3.10. The van der Waals surface area contributed by atoms with Crippen LogP contribution in [0.1, 0.15) is 33.1 Å². The Hall–Kier alpha value is -1.10. The Morgan fingerprint density at radius 2 is 2.16 bits per heavy atom. The molecule has 1 unspecified atom stereocenters. The molecule has 5 heteroatoms. The van der Waals surface area contributed by atoms with Crippen molar-refractivity contribution >= 4 is 11.8 Å². The molecule has 0 aromatic heterocycles. The van der Waals surface area contributed by atoms with Crippen LogP contribution < -0.4 is 5.32 Å². The Labute approximate surface area is 114 Å². The maximum absolute atomic E-state index is 12.0. The van der Waals surface area contributed by atoms with Crippen molar-refractivity contribution in [1.82, 2.24) is 10.2 Å². The summed E-state index contributed by atoms with van der Waals surface area (Å²) in [5.74, 6) is 0.487. The number of carbonyl (C=O) groups is 2. The molecule has 1 aliphatic carbocycles. The van der Waals surface area contributed by atoms with Crippen molar-refractivity contribution in [2.75, 3.05) is 26.2 Å². The lowest BCUT2D eigenvalue weighted by atomic mass is 9.94. The van der Waals surface area contributed by atoms with Crippen molar-refractivity contribution < 1.29 is 14.7 Å². The van der Waals surface area contributed by atoms with E-state index in [4.69, 9.17) is 5.11 Å². The van der Waals surface area contributed by atoms with E-state index in [-0.39, 0.29) is 29.8 Å². The number of rotatable bonds is 6. The Bertz CT molecular complexity index is 364. The van der Waals surface area contributed by atoms with Gasteiger partial charge in [-0.2, -0.15) is 0 Å².